The van der Waals surface area contributed by atoms with Gasteiger partial charge in [-0.05, 0) is 36.3 Å². The van der Waals surface area contributed by atoms with Gasteiger partial charge in [-0.15, -0.1) is 0 Å². The molecule has 0 unspecified atom stereocenters. The van der Waals surface area contributed by atoms with Crippen molar-refractivity contribution in [2.45, 2.75) is 77.8 Å². The summed E-state index contributed by atoms with van der Waals surface area (Å²) in [5, 5.41) is 0.449. The molecule has 9 nitrogen and oxygen atoms in total. The lowest BCUT2D eigenvalue weighted by Crippen LogP contribution is -2.41. The van der Waals surface area contributed by atoms with E-state index in [0.29, 0.717) is 106 Å². The minimum Gasteiger partial charge on any atom is -0.414 e. The highest BCUT2D eigenvalue weighted by Crippen LogP contribution is 2.37. The van der Waals surface area contributed by atoms with Crippen LogP contribution in [0.4, 0.5) is 0 Å². The first-order valence-electron chi connectivity index (χ1n) is 14.5. The molecule has 0 fully saturated rings. The van der Waals surface area contributed by atoms with Crippen LogP contribution in [0.2, 0.25) is 36.3 Å². The van der Waals surface area contributed by atoms with Crippen LogP contribution < -0.4 is 0 Å². The van der Waals surface area contributed by atoms with E-state index in [2.05, 4.69) is 67.7 Å². The van der Waals surface area contributed by atoms with Crippen LogP contribution in [0.15, 0.2) is 0 Å². The minimum absolute atomic E-state index is 0.224. The lowest BCUT2D eigenvalue weighted by atomic mass is 10.2. The van der Waals surface area contributed by atoms with Gasteiger partial charge in [-0.3, -0.25) is 0 Å². The molecule has 0 aromatic heterocycles. The summed E-state index contributed by atoms with van der Waals surface area (Å²) in [6.45, 7) is 31.5. The van der Waals surface area contributed by atoms with Crippen molar-refractivity contribution in [3.8, 4) is 0 Å². The van der Waals surface area contributed by atoms with Crippen molar-refractivity contribution < 1.29 is 42.0 Å². The third-order valence-electron chi connectivity index (χ3n) is 7.23. The number of hydrogen-bond acceptors (Lipinski definition) is 9. The maximum Gasteiger partial charge on any atom is 0.192 e. The number of rotatable bonds is 26. The zero-order valence-electron chi connectivity index (χ0n) is 27.0. The van der Waals surface area contributed by atoms with Gasteiger partial charge >= 0.3 is 0 Å². The predicted octanol–water partition coefficient (Wildman–Crippen LogP) is 5.15. The highest BCUT2D eigenvalue weighted by atomic mass is 28.4. The van der Waals surface area contributed by atoms with Gasteiger partial charge in [0, 0.05) is 0 Å². The highest BCUT2D eigenvalue weighted by molar-refractivity contribution is 6.74. The molecule has 0 amide bonds. The summed E-state index contributed by atoms with van der Waals surface area (Å²) in [5.41, 5.74) is 0. The van der Waals surface area contributed by atoms with Gasteiger partial charge in [0.05, 0.1) is 106 Å². The third kappa shape index (κ3) is 21.4. The van der Waals surface area contributed by atoms with E-state index >= 15 is 0 Å². The number of hydrogen-bond donors (Lipinski definition) is 0. The van der Waals surface area contributed by atoms with Crippen LogP contribution in [0.3, 0.4) is 0 Å². The Morgan fingerprint density at radius 3 is 0.615 bits per heavy atom. The summed E-state index contributed by atoms with van der Waals surface area (Å²) in [7, 11) is -3.37. The van der Waals surface area contributed by atoms with Crippen LogP contribution >= 0.6 is 0 Å². The van der Waals surface area contributed by atoms with E-state index in [1.165, 1.54) is 0 Å². The van der Waals surface area contributed by atoms with Crippen molar-refractivity contribution in [3.05, 3.63) is 0 Å². The van der Waals surface area contributed by atoms with Crippen molar-refractivity contribution in [1.82, 2.24) is 0 Å². The Morgan fingerprint density at radius 2 is 0.462 bits per heavy atom. The van der Waals surface area contributed by atoms with Crippen LogP contribution in [0, 0.1) is 0 Å². The van der Waals surface area contributed by atoms with Gasteiger partial charge in [0.2, 0.25) is 0 Å². The summed E-state index contributed by atoms with van der Waals surface area (Å²) in [5.74, 6) is 0. The smallest absolute Gasteiger partial charge is 0.192 e. The summed E-state index contributed by atoms with van der Waals surface area (Å²) in [6, 6.07) is 0. The minimum atomic E-state index is -1.69. The van der Waals surface area contributed by atoms with Gasteiger partial charge in [0.15, 0.2) is 16.6 Å². The molecular formula is C28H62O9Si2. The van der Waals surface area contributed by atoms with Crippen LogP contribution in [-0.2, 0) is 42.0 Å². The molecule has 0 aromatic carbocycles. The molecule has 0 aliphatic carbocycles. The topological polar surface area (TPSA) is 83.1 Å². The first-order chi connectivity index (χ1) is 18.2. The monoisotopic (exact) mass is 598 g/mol. The van der Waals surface area contributed by atoms with Gasteiger partial charge in [-0.1, -0.05) is 41.5 Å². The Bertz CT molecular complexity index is 516. The zero-order chi connectivity index (χ0) is 29.7. The number of ether oxygens (including phenoxy) is 7. The summed E-state index contributed by atoms with van der Waals surface area (Å²) >= 11 is 0. The van der Waals surface area contributed by atoms with Crippen LogP contribution in [0.5, 0.6) is 0 Å². The molecular weight excluding hydrogens is 536 g/mol. The molecule has 0 bridgehead atoms. The molecule has 0 atom stereocenters. The lowest BCUT2D eigenvalue weighted by Gasteiger charge is -2.36. The van der Waals surface area contributed by atoms with Gasteiger partial charge < -0.3 is 42.0 Å². The van der Waals surface area contributed by atoms with Crippen molar-refractivity contribution in [1.29, 1.82) is 0 Å². The van der Waals surface area contributed by atoms with E-state index in [1.54, 1.807) is 0 Å². The first kappa shape index (κ1) is 39.1. The van der Waals surface area contributed by atoms with Crippen molar-refractivity contribution in [2.24, 2.45) is 0 Å². The van der Waals surface area contributed by atoms with Crippen molar-refractivity contribution in [3.63, 3.8) is 0 Å². The Labute approximate surface area is 242 Å². The molecule has 0 heterocycles. The van der Waals surface area contributed by atoms with Crippen LogP contribution in [0.1, 0.15) is 41.5 Å². The maximum atomic E-state index is 6.08. The van der Waals surface area contributed by atoms with E-state index in [1.807, 2.05) is 0 Å². The van der Waals surface area contributed by atoms with E-state index < -0.39 is 16.6 Å². The molecule has 0 radical (unpaired) electrons. The average molecular weight is 599 g/mol. The molecule has 39 heavy (non-hydrogen) atoms. The van der Waals surface area contributed by atoms with Gasteiger partial charge in [0.1, 0.15) is 0 Å². The van der Waals surface area contributed by atoms with E-state index in [0.717, 1.165) is 0 Å². The molecule has 0 spiro atoms. The molecule has 0 saturated carbocycles. The highest BCUT2D eigenvalue weighted by Gasteiger charge is 2.37. The molecule has 236 valence electrons. The summed E-state index contributed by atoms with van der Waals surface area (Å²) in [6.07, 6.45) is 0. The second kappa shape index (κ2) is 21.7. The quantitative estimate of drug-likeness (QED) is 0.0992. The van der Waals surface area contributed by atoms with E-state index in [9.17, 15) is 0 Å². The SMILES string of the molecule is CC(C)(C)[Si](C)(C)OCCOCCOCCOCCOCCOCCOCCOCCO[Si](C)(C)C(C)(C)C. The Balaban J connectivity index is 3.25. The molecule has 0 rings (SSSR count). The fraction of sp³-hybridized carbons (Fsp3) is 1.00. The fourth-order valence-electron chi connectivity index (χ4n) is 2.57. The molecule has 0 aromatic rings. The van der Waals surface area contributed by atoms with Crippen LogP contribution in [0.25, 0.3) is 0 Å². The van der Waals surface area contributed by atoms with E-state index in [-0.39, 0.29) is 10.1 Å². The second-order valence-corrected chi connectivity index (χ2v) is 22.1. The van der Waals surface area contributed by atoms with Gasteiger partial charge in [-0.2, -0.15) is 0 Å². The van der Waals surface area contributed by atoms with Crippen LogP contribution in [-0.4, -0.2) is 122 Å². The lowest BCUT2D eigenvalue weighted by molar-refractivity contribution is -0.0221. The van der Waals surface area contributed by atoms with E-state index in [4.69, 9.17) is 42.0 Å². The van der Waals surface area contributed by atoms with Crippen molar-refractivity contribution in [2.75, 3.05) is 106 Å². The second-order valence-electron chi connectivity index (χ2n) is 12.5. The van der Waals surface area contributed by atoms with Crippen molar-refractivity contribution >= 4 is 16.6 Å². The fourth-order valence-corrected chi connectivity index (χ4v) is 4.62. The molecule has 11 heteroatoms. The van der Waals surface area contributed by atoms with Gasteiger partial charge in [0.25, 0.3) is 0 Å². The standard InChI is InChI=1S/C28H62O9Si2/c1-27(2,3)38(7,8)36-25-23-34-21-19-32-17-15-30-13-11-29-12-14-31-16-18-33-20-22-35-24-26-37-39(9,10)28(4,5)6/h11-26H2,1-10H3. The Morgan fingerprint density at radius 1 is 0.308 bits per heavy atom. The predicted molar refractivity (Wildman–Crippen MR) is 162 cm³/mol. The Hall–Kier alpha value is 0.0738. The average Bonchev–Trinajstić information content (AvgIpc) is 2.82. The molecule has 0 aliphatic heterocycles. The normalized spacial score (nSPS) is 13.4. The first-order valence-corrected chi connectivity index (χ1v) is 20.3. The summed E-state index contributed by atoms with van der Waals surface area (Å²) in [4.78, 5) is 0. The summed E-state index contributed by atoms with van der Waals surface area (Å²) < 4.78 is 50.8. The zero-order valence-corrected chi connectivity index (χ0v) is 29.0. The maximum absolute atomic E-state index is 6.08. The third-order valence-corrected chi connectivity index (χ3v) is 16.3. The molecule has 0 aliphatic rings. The Kier molecular flexibility index (Phi) is 21.8. The largest absolute Gasteiger partial charge is 0.414 e. The van der Waals surface area contributed by atoms with Gasteiger partial charge in [-0.25, -0.2) is 0 Å². The molecule has 0 saturated heterocycles. The molecule has 0 N–H and O–H groups in total.